The molecule has 1 aliphatic carbocycles. The minimum atomic E-state index is 0.473. The minimum Gasteiger partial charge on any atom is -0.313 e. The number of nitrogens with zero attached hydrogens (tertiary/aromatic N) is 1. The molecule has 1 N–H and O–H groups in total. The molecular weight excluding hydrogens is 232 g/mol. The number of allylic oxidation sites excluding steroid dienone is 2. The average molecular weight is 255 g/mol. The SMILES string of the molecule is CCCCNC1CCN(C)C2C=C(Cl)C=CC12. The highest BCUT2D eigenvalue weighted by molar-refractivity contribution is 6.31. The summed E-state index contributed by atoms with van der Waals surface area (Å²) in [5, 5.41) is 4.59. The Morgan fingerprint density at radius 2 is 2.35 bits per heavy atom. The summed E-state index contributed by atoms with van der Waals surface area (Å²) in [6, 6.07) is 1.08. The number of fused-ring (bicyclic) bond motifs is 1. The Morgan fingerprint density at radius 3 is 3.12 bits per heavy atom. The van der Waals surface area contributed by atoms with Crippen LogP contribution in [-0.2, 0) is 0 Å². The molecule has 17 heavy (non-hydrogen) atoms. The molecule has 2 aliphatic rings. The van der Waals surface area contributed by atoms with Gasteiger partial charge >= 0.3 is 0 Å². The highest BCUT2D eigenvalue weighted by Gasteiger charge is 2.34. The molecule has 0 aromatic carbocycles. The molecule has 0 aromatic rings. The molecule has 0 saturated carbocycles. The van der Waals surface area contributed by atoms with Crippen molar-refractivity contribution in [3.05, 3.63) is 23.3 Å². The van der Waals surface area contributed by atoms with Gasteiger partial charge in [0.1, 0.15) is 0 Å². The van der Waals surface area contributed by atoms with Crippen molar-refractivity contribution in [3.63, 3.8) is 0 Å². The summed E-state index contributed by atoms with van der Waals surface area (Å²) in [6.07, 6.45) is 10.3. The van der Waals surface area contributed by atoms with E-state index in [0.717, 1.165) is 18.1 Å². The maximum absolute atomic E-state index is 6.10. The van der Waals surface area contributed by atoms with Crippen LogP contribution in [0.15, 0.2) is 23.3 Å². The molecule has 0 aromatic heterocycles. The third-order valence-corrected chi connectivity index (χ3v) is 4.16. The first-order valence-corrected chi connectivity index (χ1v) is 7.09. The Balaban J connectivity index is 1.99. The Morgan fingerprint density at radius 1 is 1.53 bits per heavy atom. The first-order valence-electron chi connectivity index (χ1n) is 6.71. The topological polar surface area (TPSA) is 15.3 Å². The molecule has 1 fully saturated rings. The van der Waals surface area contributed by atoms with Crippen molar-refractivity contribution in [2.45, 2.75) is 38.3 Å². The van der Waals surface area contributed by atoms with Gasteiger partial charge in [-0.3, -0.25) is 4.90 Å². The van der Waals surface area contributed by atoms with Gasteiger partial charge in [0.15, 0.2) is 0 Å². The summed E-state index contributed by atoms with van der Waals surface area (Å²) in [4.78, 5) is 2.41. The van der Waals surface area contributed by atoms with Crippen LogP contribution in [-0.4, -0.2) is 37.1 Å². The molecule has 3 heteroatoms. The second kappa shape index (κ2) is 6.03. The molecule has 0 spiro atoms. The normalized spacial score (nSPS) is 33.4. The van der Waals surface area contributed by atoms with Crippen LogP contribution in [0.25, 0.3) is 0 Å². The number of hydrogen-bond donors (Lipinski definition) is 1. The van der Waals surface area contributed by atoms with E-state index in [1.54, 1.807) is 0 Å². The van der Waals surface area contributed by atoms with Gasteiger partial charge in [-0.15, -0.1) is 0 Å². The van der Waals surface area contributed by atoms with E-state index in [1.165, 1.54) is 19.3 Å². The smallest absolute Gasteiger partial charge is 0.0378 e. The van der Waals surface area contributed by atoms with Gasteiger partial charge in [-0.25, -0.2) is 0 Å². The predicted octanol–water partition coefficient (Wildman–Crippen LogP) is 2.76. The number of likely N-dealkylation sites (tertiary alicyclic amines) is 1. The molecule has 0 amide bonds. The van der Waals surface area contributed by atoms with Gasteiger partial charge in [0.2, 0.25) is 0 Å². The Bertz CT molecular complexity index is 311. The molecule has 2 rings (SSSR count). The van der Waals surface area contributed by atoms with Gasteiger partial charge in [-0.1, -0.05) is 31.0 Å². The third kappa shape index (κ3) is 3.12. The van der Waals surface area contributed by atoms with Gasteiger partial charge in [-0.05, 0) is 45.1 Å². The highest BCUT2D eigenvalue weighted by atomic mass is 35.5. The van der Waals surface area contributed by atoms with Crippen LogP contribution in [0.5, 0.6) is 0 Å². The van der Waals surface area contributed by atoms with E-state index in [0.29, 0.717) is 18.0 Å². The predicted molar refractivity (Wildman–Crippen MR) is 74.3 cm³/mol. The lowest BCUT2D eigenvalue weighted by atomic mass is 9.82. The van der Waals surface area contributed by atoms with Crippen LogP contribution in [0.4, 0.5) is 0 Å². The van der Waals surface area contributed by atoms with Crippen molar-refractivity contribution >= 4 is 11.6 Å². The standard InChI is InChI=1S/C14H23ClN2/c1-3-4-8-16-13-7-9-17(2)14-10-11(15)5-6-12(13)14/h5-6,10,12-14,16H,3-4,7-9H2,1-2H3. The number of piperidine rings is 1. The van der Waals surface area contributed by atoms with E-state index < -0.39 is 0 Å². The van der Waals surface area contributed by atoms with E-state index in [9.17, 15) is 0 Å². The van der Waals surface area contributed by atoms with Gasteiger partial charge in [0.05, 0.1) is 0 Å². The van der Waals surface area contributed by atoms with E-state index in [4.69, 9.17) is 11.6 Å². The first kappa shape index (κ1) is 13.1. The average Bonchev–Trinajstić information content (AvgIpc) is 2.33. The number of hydrogen-bond acceptors (Lipinski definition) is 2. The fourth-order valence-electron chi connectivity index (χ4n) is 2.83. The number of likely N-dealkylation sites (N-methyl/N-ethyl adjacent to an activating group) is 1. The second-order valence-corrected chi connectivity index (χ2v) is 5.60. The number of halogens is 1. The largest absolute Gasteiger partial charge is 0.313 e. The zero-order valence-electron chi connectivity index (χ0n) is 10.8. The maximum Gasteiger partial charge on any atom is 0.0378 e. The van der Waals surface area contributed by atoms with Gasteiger partial charge in [-0.2, -0.15) is 0 Å². The number of nitrogens with one attached hydrogen (secondary N) is 1. The van der Waals surface area contributed by atoms with Crippen molar-refractivity contribution in [2.24, 2.45) is 5.92 Å². The Hall–Kier alpha value is -0.310. The van der Waals surface area contributed by atoms with Crippen LogP contribution >= 0.6 is 11.6 Å². The summed E-state index contributed by atoms with van der Waals surface area (Å²) in [5.41, 5.74) is 0. The minimum absolute atomic E-state index is 0.473. The van der Waals surface area contributed by atoms with Crippen molar-refractivity contribution in [1.82, 2.24) is 10.2 Å². The van der Waals surface area contributed by atoms with Crippen molar-refractivity contribution in [1.29, 1.82) is 0 Å². The highest BCUT2D eigenvalue weighted by Crippen LogP contribution is 2.30. The lowest BCUT2D eigenvalue weighted by molar-refractivity contribution is 0.142. The lowest BCUT2D eigenvalue weighted by Gasteiger charge is -2.43. The van der Waals surface area contributed by atoms with Crippen molar-refractivity contribution in [2.75, 3.05) is 20.1 Å². The maximum atomic E-state index is 6.10. The molecular formula is C14H23ClN2. The fraction of sp³-hybridized carbons (Fsp3) is 0.714. The molecule has 3 atom stereocenters. The number of rotatable bonds is 4. The van der Waals surface area contributed by atoms with Crippen LogP contribution in [0, 0.1) is 5.92 Å². The molecule has 0 radical (unpaired) electrons. The van der Waals surface area contributed by atoms with Crippen LogP contribution in [0.1, 0.15) is 26.2 Å². The molecule has 1 heterocycles. The Kier molecular flexibility index (Phi) is 4.66. The van der Waals surface area contributed by atoms with Gasteiger partial charge < -0.3 is 5.32 Å². The van der Waals surface area contributed by atoms with E-state index in [2.05, 4.69) is 42.4 Å². The van der Waals surface area contributed by atoms with E-state index in [-0.39, 0.29) is 0 Å². The number of unbranched alkanes of at least 4 members (excludes halogenated alkanes) is 1. The van der Waals surface area contributed by atoms with Crippen molar-refractivity contribution in [3.8, 4) is 0 Å². The second-order valence-electron chi connectivity index (χ2n) is 5.16. The van der Waals surface area contributed by atoms with E-state index >= 15 is 0 Å². The quantitative estimate of drug-likeness (QED) is 0.777. The van der Waals surface area contributed by atoms with Gasteiger partial charge in [0.25, 0.3) is 0 Å². The summed E-state index contributed by atoms with van der Waals surface area (Å²) >= 11 is 6.10. The van der Waals surface area contributed by atoms with Crippen molar-refractivity contribution < 1.29 is 0 Å². The lowest BCUT2D eigenvalue weighted by Crippen LogP contribution is -2.53. The van der Waals surface area contributed by atoms with Crippen LogP contribution in [0.3, 0.4) is 0 Å². The fourth-order valence-corrected chi connectivity index (χ4v) is 3.03. The molecule has 1 aliphatic heterocycles. The molecule has 2 nitrogen and oxygen atoms in total. The van der Waals surface area contributed by atoms with Gasteiger partial charge in [0, 0.05) is 23.0 Å². The zero-order chi connectivity index (χ0) is 12.3. The zero-order valence-corrected chi connectivity index (χ0v) is 11.6. The summed E-state index contributed by atoms with van der Waals surface area (Å²) in [5.74, 6) is 0.577. The molecule has 3 unspecified atom stereocenters. The molecule has 1 saturated heterocycles. The Labute approximate surface area is 110 Å². The molecule has 0 bridgehead atoms. The van der Waals surface area contributed by atoms with Crippen LogP contribution < -0.4 is 5.32 Å². The monoisotopic (exact) mass is 254 g/mol. The van der Waals surface area contributed by atoms with E-state index in [1.807, 2.05) is 0 Å². The summed E-state index contributed by atoms with van der Waals surface area (Å²) in [6.45, 7) is 4.53. The molecule has 96 valence electrons. The third-order valence-electron chi connectivity index (χ3n) is 3.91. The summed E-state index contributed by atoms with van der Waals surface area (Å²) < 4.78 is 0. The van der Waals surface area contributed by atoms with Crippen LogP contribution in [0.2, 0.25) is 0 Å². The first-order chi connectivity index (χ1) is 8.22. The summed E-state index contributed by atoms with van der Waals surface area (Å²) in [7, 11) is 2.19.